The van der Waals surface area contributed by atoms with E-state index in [2.05, 4.69) is 5.10 Å². The van der Waals surface area contributed by atoms with Gasteiger partial charge in [0.25, 0.3) is 5.69 Å². The van der Waals surface area contributed by atoms with Crippen molar-refractivity contribution >= 4 is 5.69 Å². The SMILES string of the molecule is O=[N+]([O-])c1ccc(OCc2ccc(-n3cccn3)cc2)c(C(F)(F)F)c1. The lowest BCUT2D eigenvalue weighted by Gasteiger charge is -2.14. The molecule has 2 aromatic carbocycles. The molecular formula is C17H12F3N3O3. The molecule has 0 fully saturated rings. The van der Waals surface area contributed by atoms with Gasteiger partial charge in [-0.1, -0.05) is 12.1 Å². The number of nitro groups is 1. The summed E-state index contributed by atoms with van der Waals surface area (Å²) in [5.74, 6) is -0.459. The maximum atomic E-state index is 13.1. The number of non-ortho nitro benzene ring substituents is 1. The maximum Gasteiger partial charge on any atom is 0.420 e. The first-order chi connectivity index (χ1) is 12.3. The second-order valence-electron chi connectivity index (χ2n) is 5.34. The van der Waals surface area contributed by atoms with Crippen LogP contribution in [0.15, 0.2) is 60.9 Å². The van der Waals surface area contributed by atoms with Crippen LogP contribution < -0.4 is 4.74 Å². The molecule has 0 aliphatic rings. The van der Waals surface area contributed by atoms with E-state index in [0.717, 1.165) is 17.8 Å². The molecule has 0 radical (unpaired) electrons. The van der Waals surface area contributed by atoms with Gasteiger partial charge >= 0.3 is 6.18 Å². The predicted molar refractivity (Wildman–Crippen MR) is 86.0 cm³/mol. The monoisotopic (exact) mass is 363 g/mol. The summed E-state index contributed by atoms with van der Waals surface area (Å²) in [6.07, 6.45) is -1.37. The standard InChI is InChI=1S/C17H12F3N3O3/c18-17(19,20)15-10-14(23(24)25)6-7-16(15)26-11-12-2-4-13(5-3-12)22-9-1-8-21-22/h1-10H,11H2. The van der Waals surface area contributed by atoms with Gasteiger partial charge in [0.2, 0.25) is 0 Å². The first-order valence-corrected chi connectivity index (χ1v) is 7.42. The van der Waals surface area contributed by atoms with Crippen molar-refractivity contribution in [1.29, 1.82) is 0 Å². The topological polar surface area (TPSA) is 70.2 Å². The highest BCUT2D eigenvalue weighted by molar-refractivity contribution is 5.45. The molecule has 0 aliphatic carbocycles. The number of alkyl halides is 3. The van der Waals surface area contributed by atoms with E-state index in [4.69, 9.17) is 4.74 Å². The van der Waals surface area contributed by atoms with Crippen LogP contribution in [0.3, 0.4) is 0 Å². The summed E-state index contributed by atoms with van der Waals surface area (Å²) in [4.78, 5) is 9.81. The second-order valence-corrected chi connectivity index (χ2v) is 5.34. The quantitative estimate of drug-likeness (QED) is 0.498. The molecule has 134 valence electrons. The molecule has 0 N–H and O–H groups in total. The van der Waals surface area contributed by atoms with E-state index >= 15 is 0 Å². The van der Waals surface area contributed by atoms with E-state index in [1.165, 1.54) is 0 Å². The molecule has 0 unspecified atom stereocenters. The third-order valence-corrected chi connectivity index (χ3v) is 3.58. The third-order valence-electron chi connectivity index (χ3n) is 3.58. The highest BCUT2D eigenvalue weighted by Gasteiger charge is 2.36. The van der Waals surface area contributed by atoms with Crippen LogP contribution in [0, 0.1) is 10.1 Å². The summed E-state index contributed by atoms with van der Waals surface area (Å²) in [5, 5.41) is 14.8. The number of rotatable bonds is 5. The van der Waals surface area contributed by atoms with Crippen molar-refractivity contribution in [2.24, 2.45) is 0 Å². The van der Waals surface area contributed by atoms with Gasteiger partial charge in [0, 0.05) is 24.5 Å². The molecule has 0 bridgehead atoms. The van der Waals surface area contributed by atoms with Gasteiger partial charge in [-0.05, 0) is 29.8 Å². The number of hydrogen-bond donors (Lipinski definition) is 0. The Morgan fingerprint density at radius 1 is 1.15 bits per heavy atom. The Labute approximate surface area is 145 Å². The molecular weight excluding hydrogens is 351 g/mol. The Kier molecular flexibility index (Phi) is 4.61. The van der Waals surface area contributed by atoms with Crippen LogP contribution in [-0.2, 0) is 12.8 Å². The predicted octanol–water partition coefficient (Wildman–Crippen LogP) is 4.38. The maximum absolute atomic E-state index is 13.1. The number of halogens is 3. The summed E-state index contributed by atoms with van der Waals surface area (Å²) in [6, 6.07) is 11.1. The molecule has 26 heavy (non-hydrogen) atoms. The summed E-state index contributed by atoms with van der Waals surface area (Å²) in [5.41, 5.74) is -0.384. The van der Waals surface area contributed by atoms with Crippen LogP contribution in [0.1, 0.15) is 11.1 Å². The Balaban J connectivity index is 1.78. The normalized spacial score (nSPS) is 11.3. The van der Waals surface area contributed by atoms with Crippen molar-refractivity contribution in [2.45, 2.75) is 12.8 Å². The molecule has 0 amide bonds. The van der Waals surface area contributed by atoms with Gasteiger partial charge in [-0.2, -0.15) is 18.3 Å². The molecule has 3 aromatic rings. The summed E-state index contributed by atoms with van der Waals surface area (Å²) >= 11 is 0. The molecule has 9 heteroatoms. The summed E-state index contributed by atoms with van der Waals surface area (Å²) in [6.45, 7) is -0.111. The smallest absolute Gasteiger partial charge is 0.420 e. The minimum atomic E-state index is -4.76. The van der Waals surface area contributed by atoms with Gasteiger partial charge in [-0.15, -0.1) is 0 Å². The van der Waals surface area contributed by atoms with E-state index in [1.54, 1.807) is 47.4 Å². The zero-order chi connectivity index (χ0) is 18.7. The zero-order valence-electron chi connectivity index (χ0n) is 13.2. The van der Waals surface area contributed by atoms with Gasteiger partial charge < -0.3 is 4.74 Å². The Morgan fingerprint density at radius 2 is 1.88 bits per heavy atom. The number of ether oxygens (including phenoxy) is 1. The fourth-order valence-corrected chi connectivity index (χ4v) is 2.31. The van der Waals surface area contributed by atoms with E-state index in [1.807, 2.05) is 0 Å². The van der Waals surface area contributed by atoms with Crippen molar-refractivity contribution < 1.29 is 22.8 Å². The van der Waals surface area contributed by atoms with Gasteiger partial charge in [0.1, 0.15) is 17.9 Å². The first kappa shape index (κ1) is 17.5. The number of nitrogens with zero attached hydrogens (tertiary/aromatic N) is 3. The van der Waals surface area contributed by atoms with Crippen LogP contribution in [0.4, 0.5) is 18.9 Å². The number of aromatic nitrogens is 2. The molecule has 6 nitrogen and oxygen atoms in total. The Hall–Kier alpha value is -3.36. The van der Waals surface area contributed by atoms with E-state index in [9.17, 15) is 23.3 Å². The minimum absolute atomic E-state index is 0.111. The van der Waals surface area contributed by atoms with Crippen LogP contribution in [0.5, 0.6) is 5.75 Å². The lowest BCUT2D eigenvalue weighted by atomic mass is 10.1. The Bertz CT molecular complexity index is 907. The minimum Gasteiger partial charge on any atom is -0.488 e. The van der Waals surface area contributed by atoms with E-state index in [-0.39, 0.29) is 6.61 Å². The van der Waals surface area contributed by atoms with Crippen LogP contribution in [0.2, 0.25) is 0 Å². The van der Waals surface area contributed by atoms with Gasteiger partial charge in [0.15, 0.2) is 0 Å². The molecule has 0 aliphatic heterocycles. The van der Waals surface area contributed by atoms with Crippen molar-refractivity contribution in [3.05, 3.63) is 82.2 Å². The van der Waals surface area contributed by atoms with Crippen molar-refractivity contribution in [2.75, 3.05) is 0 Å². The second kappa shape index (κ2) is 6.87. The molecule has 1 heterocycles. The fourth-order valence-electron chi connectivity index (χ4n) is 2.31. The van der Waals surface area contributed by atoms with Crippen LogP contribution >= 0.6 is 0 Å². The van der Waals surface area contributed by atoms with Crippen molar-refractivity contribution in [3.8, 4) is 11.4 Å². The average molecular weight is 363 g/mol. The fraction of sp³-hybridized carbons (Fsp3) is 0.118. The summed E-state index contributed by atoms with van der Waals surface area (Å²) in [7, 11) is 0. The zero-order valence-corrected chi connectivity index (χ0v) is 13.2. The van der Waals surface area contributed by atoms with E-state index < -0.39 is 28.1 Å². The average Bonchev–Trinajstić information content (AvgIpc) is 3.14. The first-order valence-electron chi connectivity index (χ1n) is 7.42. The van der Waals surface area contributed by atoms with Crippen molar-refractivity contribution in [3.63, 3.8) is 0 Å². The molecule has 3 rings (SSSR count). The highest BCUT2D eigenvalue weighted by Crippen LogP contribution is 2.38. The molecule has 0 saturated carbocycles. The third kappa shape index (κ3) is 3.82. The van der Waals surface area contributed by atoms with Gasteiger partial charge in [0.05, 0.1) is 10.6 Å². The van der Waals surface area contributed by atoms with Gasteiger partial charge in [-0.3, -0.25) is 10.1 Å². The van der Waals surface area contributed by atoms with E-state index in [0.29, 0.717) is 11.6 Å². The Morgan fingerprint density at radius 3 is 2.46 bits per heavy atom. The lowest BCUT2D eigenvalue weighted by Crippen LogP contribution is -2.09. The highest BCUT2D eigenvalue weighted by atomic mass is 19.4. The molecule has 1 aromatic heterocycles. The lowest BCUT2D eigenvalue weighted by molar-refractivity contribution is -0.385. The molecule has 0 spiro atoms. The molecule has 0 atom stereocenters. The number of hydrogen-bond acceptors (Lipinski definition) is 4. The van der Waals surface area contributed by atoms with Crippen molar-refractivity contribution in [1.82, 2.24) is 9.78 Å². The van der Waals surface area contributed by atoms with Crippen LogP contribution in [0.25, 0.3) is 5.69 Å². The largest absolute Gasteiger partial charge is 0.488 e. The number of nitro benzene ring substituents is 1. The summed E-state index contributed by atoms with van der Waals surface area (Å²) < 4.78 is 46.2. The number of benzene rings is 2. The van der Waals surface area contributed by atoms with Gasteiger partial charge in [-0.25, -0.2) is 4.68 Å². The van der Waals surface area contributed by atoms with Crippen LogP contribution in [-0.4, -0.2) is 14.7 Å². The molecule has 0 saturated heterocycles.